The van der Waals surface area contributed by atoms with Crippen LogP contribution in [0.25, 0.3) is 10.7 Å². The van der Waals surface area contributed by atoms with Gasteiger partial charge in [0.05, 0.1) is 36.0 Å². The molecule has 10 nitrogen and oxygen atoms in total. The number of hydrogen-bond acceptors (Lipinski definition) is 9. The maximum absolute atomic E-state index is 12.5. The summed E-state index contributed by atoms with van der Waals surface area (Å²) in [6, 6.07) is 1.79. The normalized spacial score (nSPS) is 19.6. The van der Waals surface area contributed by atoms with Crippen LogP contribution in [0.1, 0.15) is 39.3 Å². The second-order valence-corrected chi connectivity index (χ2v) is 12.3. The molecule has 2 amide bonds. The molecule has 2 N–H and O–H groups in total. The van der Waals surface area contributed by atoms with Crippen LogP contribution in [0.2, 0.25) is 0 Å². The molecule has 1 saturated heterocycles. The highest BCUT2D eigenvalue weighted by atomic mass is 32.2. The molecule has 0 bridgehead atoms. The fourth-order valence-electron chi connectivity index (χ4n) is 3.24. The lowest BCUT2D eigenvalue weighted by Crippen LogP contribution is -2.44. The van der Waals surface area contributed by atoms with E-state index in [1.54, 1.807) is 26.1 Å². The summed E-state index contributed by atoms with van der Waals surface area (Å²) in [5, 5.41) is 6.02. The number of nitrogens with zero attached hydrogens (tertiary/aromatic N) is 4. The summed E-state index contributed by atoms with van der Waals surface area (Å²) in [4.78, 5) is 28.4. The predicted octanol–water partition coefficient (Wildman–Crippen LogP) is 2.39. The summed E-state index contributed by atoms with van der Waals surface area (Å²) < 4.78 is 29.4. The average molecular weight is 481 g/mol. The first-order valence-electron chi connectivity index (χ1n) is 10.5. The van der Waals surface area contributed by atoms with Gasteiger partial charge in [0.1, 0.15) is 10.6 Å². The van der Waals surface area contributed by atoms with Crippen LogP contribution in [0.15, 0.2) is 12.3 Å². The Hall–Kier alpha value is -2.31. The van der Waals surface area contributed by atoms with Crippen LogP contribution in [0.5, 0.6) is 0 Å². The number of carbonyl (C=O) groups excluding carboxylic acids is 1. The standard InChI is InChI=1S/C20H28N6O4S2/c1-12-11-30-8-7-26(12)16-9-15(20(2,3)32(4,28)29)23-17(24-16)14-10-21-19(31-14)25-18(27)22-13-5-6-13/h9-10,12-13H,5-8,11H2,1-4H3,(H2,21,22,25,27)/t12-/m0/s1. The third-order valence-electron chi connectivity index (χ3n) is 5.78. The van der Waals surface area contributed by atoms with Crippen molar-refractivity contribution in [3.8, 4) is 10.7 Å². The monoisotopic (exact) mass is 480 g/mol. The summed E-state index contributed by atoms with van der Waals surface area (Å²) in [6.45, 7) is 7.10. The van der Waals surface area contributed by atoms with Crippen LogP contribution in [-0.2, 0) is 19.3 Å². The minimum absolute atomic E-state index is 0.0884. The quantitative estimate of drug-likeness (QED) is 0.645. The van der Waals surface area contributed by atoms with E-state index in [9.17, 15) is 13.2 Å². The zero-order chi connectivity index (χ0) is 23.1. The van der Waals surface area contributed by atoms with Gasteiger partial charge in [-0.3, -0.25) is 5.32 Å². The number of thiazole rings is 1. The molecule has 1 saturated carbocycles. The molecular formula is C20H28N6O4S2. The van der Waals surface area contributed by atoms with Gasteiger partial charge in [0.25, 0.3) is 0 Å². The number of sulfone groups is 1. The molecule has 1 aliphatic carbocycles. The Balaban J connectivity index is 1.70. The number of morpholine rings is 1. The number of rotatable bonds is 6. The molecule has 12 heteroatoms. The van der Waals surface area contributed by atoms with Crippen molar-refractivity contribution in [2.24, 2.45) is 0 Å². The first-order chi connectivity index (χ1) is 15.0. The smallest absolute Gasteiger partial charge is 0.321 e. The van der Waals surface area contributed by atoms with Gasteiger partial charge in [-0.05, 0) is 33.6 Å². The first kappa shape index (κ1) is 22.9. The zero-order valence-corrected chi connectivity index (χ0v) is 20.2. The predicted molar refractivity (Wildman–Crippen MR) is 124 cm³/mol. The Morgan fingerprint density at radius 1 is 1.31 bits per heavy atom. The van der Waals surface area contributed by atoms with Gasteiger partial charge in [0.2, 0.25) is 0 Å². The van der Waals surface area contributed by atoms with Crippen molar-refractivity contribution in [2.45, 2.75) is 50.4 Å². The summed E-state index contributed by atoms with van der Waals surface area (Å²) in [6.07, 6.45) is 4.79. The van der Waals surface area contributed by atoms with Gasteiger partial charge >= 0.3 is 6.03 Å². The van der Waals surface area contributed by atoms with Gasteiger partial charge in [0, 0.05) is 24.9 Å². The Bertz CT molecular complexity index is 1110. The largest absolute Gasteiger partial charge is 0.377 e. The minimum atomic E-state index is -3.44. The summed E-state index contributed by atoms with van der Waals surface area (Å²) in [5.74, 6) is 1.02. The molecule has 1 atom stereocenters. The van der Waals surface area contributed by atoms with Gasteiger partial charge in [-0.15, -0.1) is 0 Å². The van der Waals surface area contributed by atoms with Crippen molar-refractivity contribution >= 4 is 38.2 Å². The molecule has 0 spiro atoms. The number of carbonyl (C=O) groups is 1. The SMILES string of the molecule is C[C@H]1COCCN1c1cc(C(C)(C)S(C)(=O)=O)nc(-c2cnc(NC(=O)NC3CC3)s2)n1. The number of hydrogen-bond donors (Lipinski definition) is 2. The summed E-state index contributed by atoms with van der Waals surface area (Å²) in [7, 11) is -3.44. The molecule has 0 radical (unpaired) electrons. The molecular weight excluding hydrogens is 452 g/mol. The molecule has 2 aliphatic rings. The van der Waals surface area contributed by atoms with E-state index >= 15 is 0 Å². The fourth-order valence-corrected chi connectivity index (χ4v) is 4.47. The van der Waals surface area contributed by atoms with E-state index in [4.69, 9.17) is 9.72 Å². The van der Waals surface area contributed by atoms with E-state index in [-0.39, 0.29) is 18.1 Å². The van der Waals surface area contributed by atoms with Crippen LogP contribution >= 0.6 is 11.3 Å². The molecule has 0 unspecified atom stereocenters. The lowest BCUT2D eigenvalue weighted by Gasteiger charge is -2.35. The van der Waals surface area contributed by atoms with Crippen molar-refractivity contribution in [1.29, 1.82) is 0 Å². The molecule has 2 aromatic rings. The number of nitrogens with one attached hydrogen (secondary N) is 2. The maximum Gasteiger partial charge on any atom is 0.321 e. The van der Waals surface area contributed by atoms with Crippen LogP contribution in [-0.4, -0.2) is 67.5 Å². The molecule has 174 valence electrons. The van der Waals surface area contributed by atoms with Gasteiger partial charge in [0.15, 0.2) is 20.8 Å². The van der Waals surface area contributed by atoms with E-state index in [0.29, 0.717) is 47.1 Å². The van der Waals surface area contributed by atoms with Gasteiger partial charge in [-0.25, -0.2) is 28.2 Å². The van der Waals surface area contributed by atoms with E-state index in [0.717, 1.165) is 12.8 Å². The van der Waals surface area contributed by atoms with Crippen molar-refractivity contribution in [1.82, 2.24) is 20.3 Å². The van der Waals surface area contributed by atoms with Crippen LogP contribution < -0.4 is 15.5 Å². The van der Waals surface area contributed by atoms with E-state index < -0.39 is 14.6 Å². The van der Waals surface area contributed by atoms with E-state index in [1.807, 2.05) is 6.92 Å². The van der Waals surface area contributed by atoms with Crippen molar-refractivity contribution in [3.05, 3.63) is 18.0 Å². The second kappa shape index (κ2) is 8.56. The Morgan fingerprint density at radius 2 is 2.06 bits per heavy atom. The molecule has 2 fully saturated rings. The molecule has 0 aromatic carbocycles. The van der Waals surface area contributed by atoms with E-state index in [2.05, 4.69) is 25.5 Å². The number of anilines is 2. The zero-order valence-electron chi connectivity index (χ0n) is 18.6. The Kier molecular flexibility index (Phi) is 6.12. The van der Waals surface area contributed by atoms with Gasteiger partial charge < -0.3 is 15.0 Å². The maximum atomic E-state index is 12.5. The highest BCUT2D eigenvalue weighted by Gasteiger charge is 2.36. The number of aromatic nitrogens is 3. The van der Waals surface area contributed by atoms with Crippen LogP contribution in [0.4, 0.5) is 15.7 Å². The third-order valence-corrected chi connectivity index (χ3v) is 8.75. The lowest BCUT2D eigenvalue weighted by atomic mass is 10.1. The molecule has 3 heterocycles. The second-order valence-electron chi connectivity index (χ2n) is 8.74. The summed E-state index contributed by atoms with van der Waals surface area (Å²) in [5.41, 5.74) is 0.410. The van der Waals surface area contributed by atoms with Crippen LogP contribution in [0.3, 0.4) is 0 Å². The van der Waals surface area contributed by atoms with Crippen molar-refractivity contribution in [3.63, 3.8) is 0 Å². The van der Waals surface area contributed by atoms with Crippen LogP contribution in [0, 0.1) is 0 Å². The first-order valence-corrected chi connectivity index (χ1v) is 13.2. The molecule has 1 aliphatic heterocycles. The minimum Gasteiger partial charge on any atom is -0.377 e. The number of ether oxygens (including phenoxy) is 1. The lowest BCUT2D eigenvalue weighted by molar-refractivity contribution is 0.0985. The van der Waals surface area contributed by atoms with Crippen molar-refractivity contribution in [2.75, 3.05) is 36.2 Å². The fraction of sp³-hybridized carbons (Fsp3) is 0.600. The van der Waals surface area contributed by atoms with Gasteiger partial charge in [-0.1, -0.05) is 11.3 Å². The Morgan fingerprint density at radius 3 is 2.72 bits per heavy atom. The molecule has 4 rings (SSSR count). The molecule has 2 aromatic heterocycles. The van der Waals surface area contributed by atoms with Gasteiger partial charge in [-0.2, -0.15) is 0 Å². The summed E-state index contributed by atoms with van der Waals surface area (Å²) >= 11 is 1.24. The highest BCUT2D eigenvalue weighted by molar-refractivity contribution is 7.91. The number of amides is 2. The highest BCUT2D eigenvalue weighted by Crippen LogP contribution is 2.34. The third kappa shape index (κ3) is 4.86. The molecule has 32 heavy (non-hydrogen) atoms. The number of urea groups is 1. The Labute approximate surface area is 191 Å². The average Bonchev–Trinajstić information content (AvgIpc) is 3.41. The topological polar surface area (TPSA) is 126 Å². The van der Waals surface area contributed by atoms with E-state index in [1.165, 1.54) is 17.6 Å². The van der Waals surface area contributed by atoms with Crippen molar-refractivity contribution < 1.29 is 17.9 Å².